The summed E-state index contributed by atoms with van der Waals surface area (Å²) in [5.41, 5.74) is 0.701. The summed E-state index contributed by atoms with van der Waals surface area (Å²) in [4.78, 5) is 13.0. The average molecular weight is 195 g/mol. The van der Waals surface area contributed by atoms with Gasteiger partial charge in [0.15, 0.2) is 0 Å². The van der Waals surface area contributed by atoms with Crippen LogP contribution in [0.2, 0.25) is 0 Å². The van der Waals surface area contributed by atoms with Crippen LogP contribution in [0.3, 0.4) is 0 Å². The lowest BCUT2D eigenvalue weighted by molar-refractivity contribution is 0.0430. The fraction of sp³-hybridized carbons (Fsp3) is 0.556. The Morgan fingerprint density at radius 2 is 2.50 bits per heavy atom. The van der Waals surface area contributed by atoms with Crippen LogP contribution in [0.25, 0.3) is 0 Å². The number of nitrogens with zero attached hydrogens (tertiary/aromatic N) is 2. The van der Waals surface area contributed by atoms with Crippen molar-refractivity contribution >= 4 is 5.69 Å². The molecule has 76 valence electrons. The molecule has 5 heteroatoms. The summed E-state index contributed by atoms with van der Waals surface area (Å²) in [6.45, 7) is 4.42. The van der Waals surface area contributed by atoms with Crippen LogP contribution in [-0.4, -0.2) is 36.0 Å². The number of hydrogen-bond acceptors (Lipinski definition) is 4. The molecular weight excluding hydrogens is 182 g/mol. The first-order chi connectivity index (χ1) is 6.79. The summed E-state index contributed by atoms with van der Waals surface area (Å²) in [6, 6.07) is 1.55. The molecule has 1 saturated heterocycles. The van der Waals surface area contributed by atoms with Gasteiger partial charge in [-0.3, -0.25) is 4.79 Å². The molecule has 2 rings (SSSR count). The molecule has 1 aromatic heterocycles. The summed E-state index contributed by atoms with van der Waals surface area (Å²) < 4.78 is 5.41. The maximum absolute atomic E-state index is 11.0. The van der Waals surface area contributed by atoms with Gasteiger partial charge in [0.05, 0.1) is 18.0 Å². The van der Waals surface area contributed by atoms with E-state index in [-0.39, 0.29) is 5.56 Å². The van der Waals surface area contributed by atoms with Crippen LogP contribution in [0.1, 0.15) is 6.92 Å². The highest BCUT2D eigenvalue weighted by atomic mass is 16.5. The van der Waals surface area contributed by atoms with Crippen molar-refractivity contribution in [2.24, 2.45) is 0 Å². The zero-order valence-corrected chi connectivity index (χ0v) is 8.06. The molecule has 0 unspecified atom stereocenters. The monoisotopic (exact) mass is 195 g/mol. The smallest absolute Gasteiger partial charge is 0.266 e. The van der Waals surface area contributed by atoms with Crippen LogP contribution in [0, 0.1) is 0 Å². The van der Waals surface area contributed by atoms with E-state index in [1.54, 1.807) is 12.3 Å². The second-order valence-electron chi connectivity index (χ2n) is 3.29. The minimum absolute atomic E-state index is 0.164. The van der Waals surface area contributed by atoms with Gasteiger partial charge in [0.1, 0.15) is 0 Å². The quantitative estimate of drug-likeness (QED) is 0.737. The molecule has 0 spiro atoms. The van der Waals surface area contributed by atoms with Crippen LogP contribution in [0.5, 0.6) is 0 Å². The molecule has 2 heterocycles. The Labute approximate surface area is 81.7 Å². The Hall–Kier alpha value is -1.36. The van der Waals surface area contributed by atoms with Crippen molar-refractivity contribution in [2.45, 2.75) is 13.0 Å². The maximum Gasteiger partial charge on any atom is 0.266 e. The van der Waals surface area contributed by atoms with Crippen LogP contribution < -0.4 is 10.5 Å². The molecule has 0 bridgehead atoms. The number of rotatable bonds is 3. The number of ether oxygens (including phenoxy) is 1. The van der Waals surface area contributed by atoms with E-state index in [9.17, 15) is 4.79 Å². The Bertz CT molecular complexity index is 357. The Kier molecular flexibility index (Phi) is 2.49. The van der Waals surface area contributed by atoms with Gasteiger partial charge < -0.3 is 9.64 Å². The second kappa shape index (κ2) is 3.79. The SMILES string of the molecule is CCOC1CN(c2cn[nH]c(=O)c2)C1. The van der Waals surface area contributed by atoms with Gasteiger partial charge >= 0.3 is 0 Å². The molecule has 0 aromatic carbocycles. The van der Waals surface area contributed by atoms with Gasteiger partial charge in [0, 0.05) is 25.8 Å². The topological polar surface area (TPSA) is 58.2 Å². The first-order valence-corrected chi connectivity index (χ1v) is 4.71. The predicted octanol–water partition coefficient (Wildman–Crippen LogP) is -0.00500. The number of anilines is 1. The molecule has 1 aliphatic rings. The third kappa shape index (κ3) is 1.77. The maximum atomic E-state index is 11.0. The van der Waals surface area contributed by atoms with Crippen LogP contribution >= 0.6 is 0 Å². The van der Waals surface area contributed by atoms with Crippen LogP contribution in [0.4, 0.5) is 5.69 Å². The van der Waals surface area contributed by atoms with Crippen molar-refractivity contribution in [3.8, 4) is 0 Å². The van der Waals surface area contributed by atoms with Gasteiger partial charge in [0.2, 0.25) is 0 Å². The Morgan fingerprint density at radius 1 is 1.71 bits per heavy atom. The molecule has 0 saturated carbocycles. The lowest BCUT2D eigenvalue weighted by atomic mass is 10.1. The summed E-state index contributed by atoms with van der Waals surface area (Å²) in [7, 11) is 0. The number of H-pyrrole nitrogens is 1. The number of aromatic amines is 1. The molecule has 1 N–H and O–H groups in total. The van der Waals surface area contributed by atoms with Gasteiger partial charge in [-0.25, -0.2) is 5.10 Å². The molecule has 1 aromatic rings. The molecule has 0 radical (unpaired) electrons. The molecule has 0 amide bonds. The van der Waals surface area contributed by atoms with Gasteiger partial charge in [-0.1, -0.05) is 0 Å². The third-order valence-electron chi connectivity index (χ3n) is 2.27. The molecule has 1 aliphatic heterocycles. The van der Waals surface area contributed by atoms with E-state index < -0.39 is 0 Å². The van der Waals surface area contributed by atoms with Gasteiger partial charge in [0.25, 0.3) is 5.56 Å². The number of aromatic nitrogens is 2. The van der Waals surface area contributed by atoms with E-state index in [2.05, 4.69) is 15.1 Å². The van der Waals surface area contributed by atoms with Gasteiger partial charge in [-0.15, -0.1) is 0 Å². The number of nitrogens with one attached hydrogen (secondary N) is 1. The minimum Gasteiger partial charge on any atom is -0.375 e. The van der Waals surface area contributed by atoms with Gasteiger partial charge in [-0.05, 0) is 6.92 Å². The normalized spacial score (nSPS) is 16.8. The summed E-state index contributed by atoms with van der Waals surface area (Å²) in [5.74, 6) is 0. The van der Waals surface area contributed by atoms with E-state index in [0.29, 0.717) is 6.10 Å². The van der Waals surface area contributed by atoms with Crippen molar-refractivity contribution in [1.29, 1.82) is 0 Å². The van der Waals surface area contributed by atoms with E-state index in [1.807, 2.05) is 6.92 Å². The minimum atomic E-state index is -0.164. The van der Waals surface area contributed by atoms with Crippen molar-refractivity contribution in [2.75, 3.05) is 24.6 Å². The van der Waals surface area contributed by atoms with Crippen molar-refractivity contribution in [3.63, 3.8) is 0 Å². The highest BCUT2D eigenvalue weighted by molar-refractivity contribution is 5.45. The summed E-state index contributed by atoms with van der Waals surface area (Å²) in [6.07, 6.45) is 1.96. The summed E-state index contributed by atoms with van der Waals surface area (Å²) >= 11 is 0. The number of hydrogen-bond donors (Lipinski definition) is 1. The van der Waals surface area contributed by atoms with E-state index in [4.69, 9.17) is 4.74 Å². The Morgan fingerprint density at radius 3 is 3.14 bits per heavy atom. The zero-order valence-electron chi connectivity index (χ0n) is 8.06. The first-order valence-electron chi connectivity index (χ1n) is 4.71. The standard InChI is InChI=1S/C9H13N3O2/c1-2-14-8-5-12(6-8)7-3-9(13)11-10-4-7/h3-4,8H,2,5-6H2,1H3,(H,11,13). The average Bonchev–Trinajstić information content (AvgIpc) is 2.10. The molecule has 0 aliphatic carbocycles. The Balaban J connectivity index is 1.96. The third-order valence-corrected chi connectivity index (χ3v) is 2.27. The van der Waals surface area contributed by atoms with Gasteiger partial charge in [-0.2, -0.15) is 5.10 Å². The zero-order chi connectivity index (χ0) is 9.97. The fourth-order valence-corrected chi connectivity index (χ4v) is 1.53. The lowest BCUT2D eigenvalue weighted by Crippen LogP contribution is -2.52. The second-order valence-corrected chi connectivity index (χ2v) is 3.29. The molecule has 5 nitrogen and oxygen atoms in total. The predicted molar refractivity (Wildman–Crippen MR) is 52.5 cm³/mol. The molecular formula is C9H13N3O2. The fourth-order valence-electron chi connectivity index (χ4n) is 1.53. The highest BCUT2D eigenvalue weighted by Gasteiger charge is 2.27. The van der Waals surface area contributed by atoms with Crippen LogP contribution in [-0.2, 0) is 4.74 Å². The largest absolute Gasteiger partial charge is 0.375 e. The van der Waals surface area contributed by atoms with Crippen molar-refractivity contribution in [3.05, 3.63) is 22.6 Å². The van der Waals surface area contributed by atoms with Crippen LogP contribution in [0.15, 0.2) is 17.1 Å². The lowest BCUT2D eigenvalue weighted by Gasteiger charge is -2.40. The van der Waals surface area contributed by atoms with E-state index in [0.717, 1.165) is 25.4 Å². The van der Waals surface area contributed by atoms with E-state index >= 15 is 0 Å². The first kappa shape index (κ1) is 9.21. The molecule has 14 heavy (non-hydrogen) atoms. The summed E-state index contributed by atoms with van der Waals surface area (Å²) in [5, 5.41) is 6.09. The van der Waals surface area contributed by atoms with Crippen molar-refractivity contribution < 1.29 is 4.74 Å². The van der Waals surface area contributed by atoms with Crippen molar-refractivity contribution in [1.82, 2.24) is 10.2 Å². The molecule has 1 fully saturated rings. The van der Waals surface area contributed by atoms with E-state index in [1.165, 1.54) is 0 Å². The highest BCUT2D eigenvalue weighted by Crippen LogP contribution is 2.19. The molecule has 0 atom stereocenters.